The SMILES string of the molecule is COc1ccc(C(OC[C@H]2O[C@@H](n3cc(C)c(=O)[nH]c3=O)C[C@@H]2OP(=S)(OCCC#N)OC[C@H]2O[C@@H](n3cc(C)c(=O)[nH]c3=O)C[C@@H]2O[Si](C)(C)C(C)(C)C)(c2ccccc2)c2ccc(OC)cc2)cc1. The average molecular weight is 1030 g/mol. The van der Waals surface area contributed by atoms with Crippen molar-refractivity contribution < 1.29 is 41.7 Å². The molecule has 0 saturated carbocycles. The monoisotopic (exact) mass is 1030 g/mol. The van der Waals surface area contributed by atoms with Crippen LogP contribution >= 0.6 is 6.72 Å². The molecule has 0 aliphatic carbocycles. The van der Waals surface area contributed by atoms with Crippen molar-refractivity contribution in [3.63, 3.8) is 0 Å². The standard InChI is InChI=1S/C50H62N5O13PSSi/c1-32-28-54(47(58)52-45(32)56)43-26-39(41(65-43)30-62-50(34-14-11-10-12-15-34,35-16-20-37(60-6)21-17-35)36-18-22-38(61-7)23-19-36)67-69(70,63-25-13-24-51)64-31-42-40(68-71(8,9)49(3,4)5)27-44(66-42)55-29-33(2)46(57)53-48(55)59/h10-12,14-23,28-29,39-44H,13,25-27,30-31H2,1-9H3,(H,52,56,58)(H,53,57,59)/t39-,40-,41+,42+,43+,44+,69?/m0/s1. The molecule has 21 heteroatoms. The number of nitriles is 1. The fourth-order valence-electron chi connectivity index (χ4n) is 8.35. The Labute approximate surface area is 418 Å². The van der Waals surface area contributed by atoms with Crippen LogP contribution in [0.25, 0.3) is 0 Å². The number of nitrogens with zero attached hydrogens (tertiary/aromatic N) is 3. The van der Waals surface area contributed by atoms with Gasteiger partial charge in [0, 0.05) is 36.4 Å². The molecule has 18 nitrogen and oxygen atoms in total. The minimum atomic E-state index is -3.88. The molecule has 3 aromatic carbocycles. The van der Waals surface area contributed by atoms with Gasteiger partial charge >= 0.3 is 18.1 Å². The van der Waals surface area contributed by atoms with Gasteiger partial charge in [-0.1, -0.05) is 75.4 Å². The van der Waals surface area contributed by atoms with Crippen LogP contribution in [0, 0.1) is 25.2 Å². The fraction of sp³-hybridized carbons (Fsp3) is 0.460. The van der Waals surface area contributed by atoms with Crippen molar-refractivity contribution in [2.45, 2.75) is 114 Å². The van der Waals surface area contributed by atoms with E-state index in [-0.39, 0.29) is 49.7 Å². The first-order valence-corrected chi connectivity index (χ1v) is 28.7. The average Bonchev–Trinajstić information content (AvgIpc) is 3.93. The summed E-state index contributed by atoms with van der Waals surface area (Å²) in [5.41, 5.74) is -0.742. The summed E-state index contributed by atoms with van der Waals surface area (Å²) in [5, 5.41) is 9.40. The number of aromatic nitrogens is 4. The first-order valence-electron chi connectivity index (χ1n) is 23.3. The van der Waals surface area contributed by atoms with Crippen molar-refractivity contribution in [3.05, 3.63) is 161 Å². The van der Waals surface area contributed by atoms with Crippen molar-refractivity contribution in [1.82, 2.24) is 19.1 Å². The van der Waals surface area contributed by atoms with Gasteiger partial charge in [-0.15, -0.1) is 0 Å². The van der Waals surface area contributed by atoms with E-state index in [1.165, 1.54) is 21.5 Å². The number of H-pyrrole nitrogens is 2. The maximum atomic E-state index is 13.4. The van der Waals surface area contributed by atoms with Crippen molar-refractivity contribution in [1.29, 1.82) is 5.26 Å². The van der Waals surface area contributed by atoms with Gasteiger partial charge in [0.25, 0.3) is 11.1 Å². The smallest absolute Gasteiger partial charge is 0.330 e. The summed E-state index contributed by atoms with van der Waals surface area (Å²) in [6.45, 7) is 9.36. The summed E-state index contributed by atoms with van der Waals surface area (Å²) >= 11 is 6.19. The molecule has 2 aromatic heterocycles. The van der Waals surface area contributed by atoms with Gasteiger partial charge < -0.3 is 41.7 Å². The summed E-state index contributed by atoms with van der Waals surface area (Å²) in [7, 11) is 0.720. The van der Waals surface area contributed by atoms with Gasteiger partial charge in [-0.05, 0) is 84.7 Å². The van der Waals surface area contributed by atoms with E-state index in [0.717, 1.165) is 16.7 Å². The number of nitrogens with one attached hydrogen (secondary N) is 2. The predicted molar refractivity (Wildman–Crippen MR) is 271 cm³/mol. The second-order valence-electron chi connectivity index (χ2n) is 19.0. The number of aryl methyl sites for hydroxylation is 2. The highest BCUT2D eigenvalue weighted by atomic mass is 32.5. The highest BCUT2D eigenvalue weighted by molar-refractivity contribution is 8.07. The van der Waals surface area contributed by atoms with Crippen molar-refractivity contribution in [2.24, 2.45) is 0 Å². The van der Waals surface area contributed by atoms with E-state index in [0.29, 0.717) is 17.1 Å². The Bertz CT molecular complexity index is 2920. The molecule has 2 aliphatic rings. The molecule has 0 bridgehead atoms. The summed E-state index contributed by atoms with van der Waals surface area (Å²) in [4.78, 5) is 56.2. The molecule has 4 heterocycles. The normalized spacial score (nSPS) is 21.4. The molecular weight excluding hydrogens is 970 g/mol. The van der Waals surface area contributed by atoms with Gasteiger partial charge in [-0.25, -0.2) is 9.59 Å². The topological polar surface area (TPSA) is 217 Å². The van der Waals surface area contributed by atoms with Gasteiger partial charge in [0.2, 0.25) is 0 Å². The van der Waals surface area contributed by atoms with Crippen LogP contribution in [-0.2, 0) is 49.6 Å². The number of aromatic amines is 2. The maximum Gasteiger partial charge on any atom is 0.330 e. The van der Waals surface area contributed by atoms with Crippen LogP contribution in [0.15, 0.2) is 110 Å². The first kappa shape index (κ1) is 53.5. The van der Waals surface area contributed by atoms with Crippen LogP contribution in [0.2, 0.25) is 18.1 Å². The van der Waals surface area contributed by atoms with Gasteiger partial charge in [-0.2, -0.15) is 5.26 Å². The molecule has 380 valence electrons. The van der Waals surface area contributed by atoms with E-state index < -0.39 is 80.0 Å². The molecule has 0 radical (unpaired) electrons. The van der Waals surface area contributed by atoms with Gasteiger partial charge in [0.1, 0.15) is 41.8 Å². The molecule has 2 saturated heterocycles. The molecule has 2 N–H and O–H groups in total. The number of rotatable bonds is 20. The zero-order chi connectivity index (χ0) is 51.3. The van der Waals surface area contributed by atoms with Crippen LogP contribution in [0.3, 0.4) is 0 Å². The molecule has 5 aromatic rings. The van der Waals surface area contributed by atoms with E-state index in [9.17, 15) is 24.4 Å². The Morgan fingerprint density at radius 3 is 1.69 bits per heavy atom. The summed E-state index contributed by atoms with van der Waals surface area (Å²) in [6, 6.07) is 26.9. The van der Waals surface area contributed by atoms with Crippen molar-refractivity contribution in [2.75, 3.05) is 34.0 Å². The predicted octanol–water partition coefficient (Wildman–Crippen LogP) is 7.25. The van der Waals surface area contributed by atoms with Gasteiger partial charge in [0.15, 0.2) is 8.32 Å². The molecule has 2 aliphatic heterocycles. The van der Waals surface area contributed by atoms with E-state index in [4.69, 9.17) is 53.5 Å². The number of methoxy groups -OCH3 is 2. The maximum absolute atomic E-state index is 13.4. The van der Waals surface area contributed by atoms with Gasteiger partial charge in [-0.3, -0.25) is 28.7 Å². The number of benzene rings is 3. The summed E-state index contributed by atoms with van der Waals surface area (Å²) in [6.07, 6.45) is -1.98. The minimum Gasteiger partial charge on any atom is -0.497 e. The molecule has 71 heavy (non-hydrogen) atoms. The third kappa shape index (κ3) is 12.0. The van der Waals surface area contributed by atoms with Crippen molar-refractivity contribution >= 4 is 26.8 Å². The fourth-order valence-corrected chi connectivity index (χ4v) is 11.8. The second kappa shape index (κ2) is 22.2. The Hall–Kier alpha value is -5.30. The number of hydrogen-bond donors (Lipinski definition) is 2. The zero-order valence-electron chi connectivity index (χ0n) is 41.4. The number of ether oxygens (including phenoxy) is 5. The van der Waals surface area contributed by atoms with Gasteiger partial charge in [0.05, 0.1) is 58.7 Å². The quantitative estimate of drug-likeness (QED) is 0.0340. The van der Waals surface area contributed by atoms with Crippen LogP contribution in [0.1, 0.15) is 80.3 Å². The molecule has 0 amide bonds. The highest BCUT2D eigenvalue weighted by Gasteiger charge is 2.48. The Morgan fingerprint density at radius 1 is 0.732 bits per heavy atom. The van der Waals surface area contributed by atoms with Crippen LogP contribution in [0.5, 0.6) is 11.5 Å². The van der Waals surface area contributed by atoms with E-state index in [1.54, 1.807) is 28.1 Å². The largest absolute Gasteiger partial charge is 0.497 e. The highest BCUT2D eigenvalue weighted by Crippen LogP contribution is 2.55. The molecule has 0 spiro atoms. The van der Waals surface area contributed by atoms with Crippen LogP contribution in [-0.4, -0.2) is 85.9 Å². The third-order valence-corrected chi connectivity index (χ3v) is 20.2. The van der Waals surface area contributed by atoms with Crippen LogP contribution < -0.4 is 32.0 Å². The molecule has 1 unspecified atom stereocenters. The Morgan fingerprint density at radius 2 is 1.21 bits per heavy atom. The summed E-state index contributed by atoms with van der Waals surface area (Å²) in [5.74, 6) is 1.28. The van der Waals surface area contributed by atoms with E-state index in [2.05, 4.69) is 49.9 Å². The Balaban J connectivity index is 1.26. The summed E-state index contributed by atoms with van der Waals surface area (Å²) < 4.78 is 60.8. The first-order chi connectivity index (χ1) is 33.7. The third-order valence-electron chi connectivity index (χ3n) is 13.3. The molecular formula is C50H62N5O13PSSi. The lowest BCUT2D eigenvalue weighted by Gasteiger charge is -2.39. The molecule has 7 atom stereocenters. The lowest BCUT2D eigenvalue weighted by Crippen LogP contribution is -2.46. The lowest BCUT2D eigenvalue weighted by atomic mass is 9.80. The molecule has 2 fully saturated rings. The lowest BCUT2D eigenvalue weighted by molar-refractivity contribution is -0.0941. The van der Waals surface area contributed by atoms with Crippen LogP contribution in [0.4, 0.5) is 0 Å². The van der Waals surface area contributed by atoms with Crippen molar-refractivity contribution in [3.8, 4) is 17.6 Å². The van der Waals surface area contributed by atoms with E-state index >= 15 is 0 Å². The number of hydrogen-bond acceptors (Lipinski definition) is 15. The molecule has 7 rings (SSSR count). The Kier molecular flexibility index (Phi) is 16.7. The second-order valence-corrected chi connectivity index (χ2v) is 26.8. The zero-order valence-corrected chi connectivity index (χ0v) is 44.1. The minimum absolute atomic E-state index is 0.0276. The van der Waals surface area contributed by atoms with E-state index in [1.807, 2.05) is 78.9 Å².